The fourth-order valence-electron chi connectivity index (χ4n) is 2.09. The van der Waals surface area contributed by atoms with Gasteiger partial charge in [-0.3, -0.25) is 4.79 Å². The summed E-state index contributed by atoms with van der Waals surface area (Å²) in [4.78, 5) is 14.4. The van der Waals surface area contributed by atoms with Crippen molar-refractivity contribution in [1.29, 1.82) is 0 Å². The third kappa shape index (κ3) is 2.52. The summed E-state index contributed by atoms with van der Waals surface area (Å²) < 4.78 is 6.19. The van der Waals surface area contributed by atoms with Gasteiger partial charge in [0.05, 0.1) is 24.3 Å². The zero-order valence-electron chi connectivity index (χ0n) is 10.6. The number of hydrogen-bond donors (Lipinski definition) is 1. The number of amides is 1. The number of nitrogen functional groups attached to an aromatic ring is 1. The first-order chi connectivity index (χ1) is 8.42. The molecule has 1 aliphatic rings. The van der Waals surface area contributed by atoms with Crippen LogP contribution in [-0.4, -0.2) is 36.1 Å². The van der Waals surface area contributed by atoms with Crippen molar-refractivity contribution in [2.24, 2.45) is 0 Å². The summed E-state index contributed by atoms with van der Waals surface area (Å²) in [6, 6.07) is 5.28. The fourth-order valence-corrected chi connectivity index (χ4v) is 2.50. The Bertz CT molecular complexity index is 474. The van der Waals surface area contributed by atoms with Crippen molar-refractivity contribution in [1.82, 2.24) is 4.90 Å². The van der Waals surface area contributed by atoms with Crippen LogP contribution in [0.1, 0.15) is 24.2 Å². The predicted molar refractivity (Wildman–Crippen MR) is 74.5 cm³/mol. The topological polar surface area (TPSA) is 55.6 Å². The van der Waals surface area contributed by atoms with Crippen LogP contribution in [0, 0.1) is 0 Å². The number of benzene rings is 1. The lowest BCUT2D eigenvalue weighted by atomic mass is 10.0. The van der Waals surface area contributed by atoms with Crippen LogP contribution in [0.5, 0.6) is 0 Å². The molecule has 2 N–H and O–H groups in total. The molecule has 1 amide bonds. The highest BCUT2D eigenvalue weighted by Crippen LogP contribution is 2.26. The number of nitrogens with two attached hydrogens (primary N) is 1. The molecule has 2 rings (SSSR count). The van der Waals surface area contributed by atoms with E-state index in [1.165, 1.54) is 0 Å². The fraction of sp³-hybridized carbons (Fsp3) is 0.462. The summed E-state index contributed by atoms with van der Waals surface area (Å²) in [5.74, 6) is -0.0116. The number of carbonyl (C=O) groups excluding carboxylic acids is 1. The molecule has 0 spiro atoms. The van der Waals surface area contributed by atoms with E-state index in [0.717, 1.165) is 4.47 Å². The molecule has 1 aliphatic heterocycles. The van der Waals surface area contributed by atoms with E-state index in [4.69, 9.17) is 10.5 Å². The van der Waals surface area contributed by atoms with Gasteiger partial charge >= 0.3 is 0 Å². The minimum Gasteiger partial charge on any atom is -0.399 e. The maximum atomic E-state index is 12.6. The van der Waals surface area contributed by atoms with Crippen LogP contribution in [0.4, 0.5) is 5.69 Å². The average Bonchev–Trinajstić information content (AvgIpc) is 2.31. The van der Waals surface area contributed by atoms with Gasteiger partial charge in [0.2, 0.25) is 0 Å². The summed E-state index contributed by atoms with van der Waals surface area (Å²) >= 11 is 3.40. The number of carbonyl (C=O) groups is 1. The number of nitrogens with zero attached hydrogens (tertiary/aromatic N) is 1. The molecule has 0 saturated carbocycles. The van der Waals surface area contributed by atoms with Crippen LogP contribution in [0.2, 0.25) is 0 Å². The van der Waals surface area contributed by atoms with Crippen molar-refractivity contribution in [3.8, 4) is 0 Å². The van der Waals surface area contributed by atoms with Crippen LogP contribution in [0.3, 0.4) is 0 Å². The van der Waals surface area contributed by atoms with E-state index in [1.807, 2.05) is 18.7 Å². The van der Waals surface area contributed by atoms with Crippen LogP contribution in [-0.2, 0) is 4.74 Å². The van der Waals surface area contributed by atoms with Crippen molar-refractivity contribution in [3.05, 3.63) is 28.2 Å². The molecule has 18 heavy (non-hydrogen) atoms. The first-order valence-corrected chi connectivity index (χ1v) is 6.66. The number of halogens is 1. The van der Waals surface area contributed by atoms with E-state index in [2.05, 4.69) is 15.9 Å². The molecule has 1 heterocycles. The number of rotatable bonds is 1. The third-order valence-corrected chi connectivity index (χ3v) is 3.80. The normalized spacial score (nSPS) is 18.7. The van der Waals surface area contributed by atoms with Crippen molar-refractivity contribution in [3.63, 3.8) is 0 Å². The molecule has 0 bridgehead atoms. The zero-order chi connectivity index (χ0) is 13.3. The Balaban J connectivity index is 2.33. The zero-order valence-corrected chi connectivity index (χ0v) is 12.2. The van der Waals surface area contributed by atoms with E-state index in [-0.39, 0.29) is 11.4 Å². The molecule has 0 atom stereocenters. The van der Waals surface area contributed by atoms with Gasteiger partial charge in [0.25, 0.3) is 5.91 Å². The molecular weight excluding hydrogens is 296 g/mol. The molecule has 1 aromatic carbocycles. The largest absolute Gasteiger partial charge is 0.399 e. The lowest BCUT2D eigenvalue weighted by Gasteiger charge is -2.42. The standard InChI is InChI=1S/C13H17BrN2O2/c1-13(2)8-18-6-5-16(13)12(17)10-7-9(15)3-4-11(10)14/h3-4,7H,5-6,8,15H2,1-2H3. The molecule has 5 heteroatoms. The van der Waals surface area contributed by atoms with Gasteiger partial charge in [-0.25, -0.2) is 0 Å². The Hall–Kier alpha value is -1.07. The van der Waals surface area contributed by atoms with E-state index in [9.17, 15) is 4.79 Å². The summed E-state index contributed by atoms with van der Waals surface area (Å²) in [5.41, 5.74) is 6.65. The highest BCUT2D eigenvalue weighted by Gasteiger charge is 2.35. The first-order valence-electron chi connectivity index (χ1n) is 5.86. The molecule has 1 fully saturated rings. The lowest BCUT2D eigenvalue weighted by Crippen LogP contribution is -2.55. The lowest BCUT2D eigenvalue weighted by molar-refractivity contribution is -0.0371. The minimum absolute atomic E-state index is 0.0116. The Kier molecular flexibility index (Phi) is 3.64. The van der Waals surface area contributed by atoms with Crippen LogP contribution < -0.4 is 5.73 Å². The van der Waals surface area contributed by atoms with Crippen molar-refractivity contribution >= 4 is 27.5 Å². The second-order valence-electron chi connectivity index (χ2n) is 5.06. The van der Waals surface area contributed by atoms with E-state index >= 15 is 0 Å². The maximum Gasteiger partial charge on any atom is 0.255 e. The van der Waals surface area contributed by atoms with E-state index < -0.39 is 0 Å². The van der Waals surface area contributed by atoms with Gasteiger partial charge in [-0.05, 0) is 48.0 Å². The van der Waals surface area contributed by atoms with Gasteiger partial charge in [0, 0.05) is 16.7 Å². The van der Waals surface area contributed by atoms with Crippen molar-refractivity contribution in [2.75, 3.05) is 25.5 Å². The first kappa shape index (κ1) is 13.4. The van der Waals surface area contributed by atoms with Gasteiger partial charge in [0.15, 0.2) is 0 Å². The highest BCUT2D eigenvalue weighted by atomic mass is 79.9. The number of hydrogen-bond acceptors (Lipinski definition) is 3. The van der Waals surface area contributed by atoms with Crippen LogP contribution in [0.15, 0.2) is 22.7 Å². The quantitative estimate of drug-likeness (QED) is 0.809. The molecule has 0 unspecified atom stereocenters. The SMILES string of the molecule is CC1(C)COCCN1C(=O)c1cc(N)ccc1Br. The molecule has 0 aromatic heterocycles. The third-order valence-electron chi connectivity index (χ3n) is 3.11. The molecule has 1 saturated heterocycles. The van der Waals surface area contributed by atoms with E-state index in [0.29, 0.717) is 31.0 Å². The van der Waals surface area contributed by atoms with Gasteiger partial charge in [-0.15, -0.1) is 0 Å². The van der Waals surface area contributed by atoms with Gasteiger partial charge in [-0.2, -0.15) is 0 Å². The molecule has 0 radical (unpaired) electrons. The second kappa shape index (κ2) is 4.90. The van der Waals surface area contributed by atoms with Crippen LogP contribution in [0.25, 0.3) is 0 Å². The molecular formula is C13H17BrN2O2. The maximum absolute atomic E-state index is 12.6. The predicted octanol–water partition coefficient (Wildman–Crippen LogP) is 2.28. The van der Waals surface area contributed by atoms with Crippen LogP contribution >= 0.6 is 15.9 Å². The number of ether oxygens (including phenoxy) is 1. The van der Waals surface area contributed by atoms with Crippen molar-refractivity contribution in [2.45, 2.75) is 19.4 Å². The Morgan fingerprint density at radius 2 is 2.22 bits per heavy atom. The summed E-state index contributed by atoms with van der Waals surface area (Å²) in [6.07, 6.45) is 0. The molecule has 98 valence electrons. The van der Waals surface area contributed by atoms with Gasteiger partial charge < -0.3 is 15.4 Å². The monoisotopic (exact) mass is 312 g/mol. The minimum atomic E-state index is -0.292. The number of anilines is 1. The smallest absolute Gasteiger partial charge is 0.255 e. The average molecular weight is 313 g/mol. The number of morpholine rings is 1. The Labute approximate surface area is 115 Å². The summed E-state index contributed by atoms with van der Waals surface area (Å²) in [6.45, 7) is 5.75. The molecule has 1 aromatic rings. The Morgan fingerprint density at radius 1 is 1.50 bits per heavy atom. The van der Waals surface area contributed by atoms with E-state index in [1.54, 1.807) is 18.2 Å². The molecule has 4 nitrogen and oxygen atoms in total. The Morgan fingerprint density at radius 3 is 2.89 bits per heavy atom. The second-order valence-corrected chi connectivity index (χ2v) is 5.92. The summed E-state index contributed by atoms with van der Waals surface area (Å²) in [5, 5.41) is 0. The van der Waals surface area contributed by atoms with Crippen molar-refractivity contribution < 1.29 is 9.53 Å². The van der Waals surface area contributed by atoms with Gasteiger partial charge in [0.1, 0.15) is 0 Å². The van der Waals surface area contributed by atoms with Gasteiger partial charge in [-0.1, -0.05) is 0 Å². The highest BCUT2D eigenvalue weighted by molar-refractivity contribution is 9.10. The summed E-state index contributed by atoms with van der Waals surface area (Å²) in [7, 11) is 0. The molecule has 0 aliphatic carbocycles.